The Hall–Kier alpha value is -3.10. The summed E-state index contributed by atoms with van der Waals surface area (Å²) >= 11 is 19.8. The number of piperidine rings is 1. The second kappa shape index (κ2) is 10.6. The van der Waals surface area contributed by atoms with Gasteiger partial charge in [-0.15, -0.1) is 0 Å². The van der Waals surface area contributed by atoms with Crippen LogP contribution in [0.4, 0.5) is 16.2 Å². The van der Waals surface area contributed by atoms with E-state index in [2.05, 4.69) is 32.5 Å². The van der Waals surface area contributed by atoms with Gasteiger partial charge in [0, 0.05) is 42.3 Å². The molecule has 0 atom stereocenters. The first kappa shape index (κ1) is 25.2. The van der Waals surface area contributed by atoms with Crippen LogP contribution in [0.25, 0.3) is 11.1 Å². The standard InChI is InChI=1S/C28H25Cl3N6O/c29-23-5-2-1-4-20(23)21-14-18(17-35-12-8-19(9-13-35)37-33-10-11-34-37)15-26-22(21)16-32-28(38)36(26)27-24(30)6-3-7-25(27)31/h1-7,10-11,14-15,19H,8-9,12-13,16-17H2,(H,32,38). The predicted molar refractivity (Wildman–Crippen MR) is 151 cm³/mol. The average molecular weight is 568 g/mol. The number of aromatic nitrogens is 3. The number of anilines is 2. The minimum atomic E-state index is -0.276. The van der Waals surface area contributed by atoms with Crippen molar-refractivity contribution in [2.45, 2.75) is 32.0 Å². The molecule has 10 heteroatoms. The van der Waals surface area contributed by atoms with Gasteiger partial charge in [0.15, 0.2) is 0 Å². The van der Waals surface area contributed by atoms with Gasteiger partial charge in [-0.3, -0.25) is 9.80 Å². The number of nitrogens with zero attached hydrogens (tertiary/aromatic N) is 5. The molecule has 0 bridgehead atoms. The summed E-state index contributed by atoms with van der Waals surface area (Å²) in [7, 11) is 0. The Morgan fingerprint density at radius 2 is 1.55 bits per heavy atom. The van der Waals surface area contributed by atoms with Crippen molar-refractivity contribution in [2.24, 2.45) is 0 Å². The number of amides is 2. The average Bonchev–Trinajstić information content (AvgIpc) is 3.45. The molecule has 3 aromatic carbocycles. The fraction of sp³-hybridized carbons (Fsp3) is 0.250. The molecule has 6 rings (SSSR count). The first-order valence-electron chi connectivity index (χ1n) is 12.5. The van der Waals surface area contributed by atoms with E-state index >= 15 is 0 Å². The summed E-state index contributed by atoms with van der Waals surface area (Å²) in [4.78, 5) is 19.1. The van der Waals surface area contributed by atoms with Crippen molar-refractivity contribution in [3.8, 4) is 11.1 Å². The van der Waals surface area contributed by atoms with Gasteiger partial charge in [-0.2, -0.15) is 15.0 Å². The Morgan fingerprint density at radius 1 is 0.868 bits per heavy atom. The number of rotatable bonds is 5. The number of hydrogen-bond donors (Lipinski definition) is 1. The molecule has 194 valence electrons. The van der Waals surface area contributed by atoms with Crippen molar-refractivity contribution < 1.29 is 4.79 Å². The maximum atomic E-state index is 13.3. The first-order valence-corrected chi connectivity index (χ1v) is 13.6. The SMILES string of the molecule is O=C1NCc2c(-c3ccccc3Cl)cc(CN3CCC(n4nccn4)CC3)cc2N1c1c(Cl)cccc1Cl. The first-order chi connectivity index (χ1) is 18.5. The Morgan fingerprint density at radius 3 is 2.26 bits per heavy atom. The molecule has 0 radical (unpaired) electrons. The Kier molecular flexibility index (Phi) is 7.01. The predicted octanol–water partition coefficient (Wildman–Crippen LogP) is 7.10. The molecular formula is C28H25Cl3N6O. The fourth-order valence-electron chi connectivity index (χ4n) is 5.37. The molecule has 0 unspecified atom stereocenters. The third-order valence-electron chi connectivity index (χ3n) is 7.20. The van der Waals surface area contributed by atoms with Gasteiger partial charge in [-0.1, -0.05) is 59.1 Å². The summed E-state index contributed by atoms with van der Waals surface area (Å²) in [6.45, 7) is 2.95. The molecular weight excluding hydrogens is 543 g/mol. The van der Waals surface area contributed by atoms with Crippen LogP contribution in [0.2, 0.25) is 15.1 Å². The highest BCUT2D eigenvalue weighted by atomic mass is 35.5. The quantitative estimate of drug-likeness (QED) is 0.279. The van der Waals surface area contributed by atoms with Crippen LogP contribution in [0.1, 0.15) is 30.0 Å². The van der Waals surface area contributed by atoms with Crippen molar-refractivity contribution in [1.29, 1.82) is 0 Å². The van der Waals surface area contributed by atoms with Gasteiger partial charge in [-0.05, 0) is 54.3 Å². The molecule has 4 aromatic rings. The minimum absolute atomic E-state index is 0.276. The Bertz CT molecular complexity index is 1460. The van der Waals surface area contributed by atoms with Gasteiger partial charge < -0.3 is 5.32 Å². The smallest absolute Gasteiger partial charge is 0.326 e. The molecule has 2 amide bonds. The van der Waals surface area contributed by atoms with Crippen molar-refractivity contribution in [3.63, 3.8) is 0 Å². The van der Waals surface area contributed by atoms with Crippen LogP contribution in [0.5, 0.6) is 0 Å². The molecule has 1 aromatic heterocycles. The zero-order chi connectivity index (χ0) is 26.2. The highest BCUT2D eigenvalue weighted by molar-refractivity contribution is 6.40. The number of nitrogens with one attached hydrogen (secondary N) is 1. The molecule has 1 saturated heterocycles. The van der Waals surface area contributed by atoms with E-state index in [1.165, 1.54) is 0 Å². The van der Waals surface area contributed by atoms with Gasteiger partial charge in [0.05, 0.1) is 39.9 Å². The van der Waals surface area contributed by atoms with Crippen LogP contribution in [0, 0.1) is 0 Å². The molecule has 0 aliphatic carbocycles. The molecule has 7 nitrogen and oxygen atoms in total. The lowest BCUT2D eigenvalue weighted by atomic mass is 9.93. The van der Waals surface area contributed by atoms with Gasteiger partial charge in [0.25, 0.3) is 0 Å². The van der Waals surface area contributed by atoms with Gasteiger partial charge >= 0.3 is 6.03 Å². The molecule has 2 aliphatic heterocycles. The van der Waals surface area contributed by atoms with E-state index < -0.39 is 0 Å². The van der Waals surface area contributed by atoms with E-state index in [0.717, 1.165) is 60.4 Å². The third-order valence-corrected chi connectivity index (χ3v) is 8.14. The monoisotopic (exact) mass is 566 g/mol. The van der Waals surface area contributed by atoms with Gasteiger partial charge in [-0.25, -0.2) is 4.79 Å². The second-order valence-corrected chi connectivity index (χ2v) is 10.8. The van der Waals surface area contributed by atoms with Crippen molar-refractivity contribution in [2.75, 3.05) is 18.0 Å². The van der Waals surface area contributed by atoms with Crippen LogP contribution in [-0.4, -0.2) is 39.0 Å². The zero-order valence-corrected chi connectivity index (χ0v) is 22.7. The largest absolute Gasteiger partial charge is 0.333 e. The summed E-state index contributed by atoms with van der Waals surface area (Å²) in [6.07, 6.45) is 5.40. The Labute approximate surface area is 235 Å². The van der Waals surface area contributed by atoms with E-state index in [-0.39, 0.29) is 6.03 Å². The number of para-hydroxylation sites is 1. The number of hydrogen-bond acceptors (Lipinski definition) is 4. The molecule has 1 fully saturated rings. The summed E-state index contributed by atoms with van der Waals surface area (Å²) in [5.41, 5.74) is 5.15. The molecule has 0 spiro atoms. The number of carbonyl (C=O) groups is 1. The highest BCUT2D eigenvalue weighted by Gasteiger charge is 2.32. The summed E-state index contributed by atoms with van der Waals surface area (Å²) < 4.78 is 0. The zero-order valence-electron chi connectivity index (χ0n) is 20.4. The molecule has 2 aliphatic rings. The number of likely N-dealkylation sites (tertiary alicyclic amines) is 1. The van der Waals surface area contributed by atoms with Crippen LogP contribution >= 0.6 is 34.8 Å². The van der Waals surface area contributed by atoms with E-state index in [1.54, 1.807) is 35.5 Å². The van der Waals surface area contributed by atoms with Gasteiger partial charge in [0.1, 0.15) is 0 Å². The van der Waals surface area contributed by atoms with Crippen LogP contribution < -0.4 is 10.2 Å². The summed E-state index contributed by atoms with van der Waals surface area (Å²) in [6, 6.07) is 17.3. The lowest BCUT2D eigenvalue weighted by Crippen LogP contribution is -2.42. The van der Waals surface area contributed by atoms with Crippen molar-refractivity contribution in [3.05, 3.63) is 93.2 Å². The summed E-state index contributed by atoms with van der Waals surface area (Å²) in [5, 5.41) is 13.1. The minimum Gasteiger partial charge on any atom is -0.333 e. The lowest BCUT2D eigenvalue weighted by Gasteiger charge is -2.35. The number of halogens is 3. The topological polar surface area (TPSA) is 66.3 Å². The van der Waals surface area contributed by atoms with Gasteiger partial charge in [0.2, 0.25) is 0 Å². The van der Waals surface area contributed by atoms with Crippen LogP contribution in [-0.2, 0) is 13.1 Å². The lowest BCUT2D eigenvalue weighted by molar-refractivity contribution is 0.165. The molecule has 3 heterocycles. The number of carbonyl (C=O) groups excluding carboxylic acids is 1. The van der Waals surface area contributed by atoms with Crippen LogP contribution in [0.15, 0.2) is 67.0 Å². The van der Waals surface area contributed by atoms with E-state index in [1.807, 2.05) is 29.1 Å². The third kappa shape index (κ3) is 4.76. The normalized spacial score (nSPS) is 16.4. The number of urea groups is 1. The fourth-order valence-corrected chi connectivity index (χ4v) is 6.17. The molecule has 38 heavy (non-hydrogen) atoms. The number of fused-ring (bicyclic) bond motifs is 1. The van der Waals surface area contributed by atoms with E-state index in [0.29, 0.717) is 33.3 Å². The van der Waals surface area contributed by atoms with Crippen LogP contribution in [0.3, 0.4) is 0 Å². The van der Waals surface area contributed by atoms with Crippen molar-refractivity contribution >= 4 is 52.2 Å². The number of benzene rings is 3. The second-order valence-electron chi connectivity index (χ2n) is 9.54. The van der Waals surface area contributed by atoms with E-state index in [4.69, 9.17) is 34.8 Å². The highest BCUT2D eigenvalue weighted by Crippen LogP contribution is 2.45. The van der Waals surface area contributed by atoms with E-state index in [9.17, 15) is 4.79 Å². The maximum absolute atomic E-state index is 13.3. The molecule has 0 saturated carbocycles. The maximum Gasteiger partial charge on any atom is 0.326 e. The summed E-state index contributed by atoms with van der Waals surface area (Å²) in [5.74, 6) is 0. The molecule has 1 N–H and O–H groups in total. The Balaban J connectivity index is 1.41. The van der Waals surface area contributed by atoms with Crippen molar-refractivity contribution in [1.82, 2.24) is 25.2 Å².